The van der Waals surface area contributed by atoms with E-state index >= 15 is 0 Å². The fourth-order valence-electron chi connectivity index (χ4n) is 1.78. The molecule has 2 unspecified atom stereocenters. The summed E-state index contributed by atoms with van der Waals surface area (Å²) >= 11 is 0. The Morgan fingerprint density at radius 2 is 2.08 bits per heavy atom. The van der Waals surface area contributed by atoms with Crippen molar-refractivity contribution >= 4 is 0 Å². The number of likely N-dealkylation sites (N-methyl/N-ethyl adjacent to an activating group) is 2. The van der Waals surface area contributed by atoms with Crippen molar-refractivity contribution in [2.75, 3.05) is 20.6 Å². The minimum absolute atomic E-state index is 0.717. The zero-order valence-corrected chi connectivity index (χ0v) is 9.51. The Morgan fingerprint density at radius 1 is 1.46 bits per heavy atom. The zero-order chi connectivity index (χ0) is 9.84. The quantitative estimate of drug-likeness (QED) is 0.676. The maximum atomic E-state index is 3.43. The van der Waals surface area contributed by atoms with Gasteiger partial charge in [0, 0.05) is 18.6 Å². The Morgan fingerprint density at radius 3 is 2.46 bits per heavy atom. The van der Waals surface area contributed by atoms with Crippen LogP contribution in [0.1, 0.15) is 33.1 Å². The number of rotatable bonds is 6. The molecule has 0 aromatic rings. The molecule has 0 amide bonds. The third-order valence-electron chi connectivity index (χ3n) is 3.39. The van der Waals surface area contributed by atoms with Gasteiger partial charge in [0.05, 0.1) is 0 Å². The van der Waals surface area contributed by atoms with E-state index in [2.05, 4.69) is 38.2 Å². The molecule has 2 heteroatoms. The van der Waals surface area contributed by atoms with Crippen LogP contribution in [-0.4, -0.2) is 37.6 Å². The van der Waals surface area contributed by atoms with Gasteiger partial charge in [-0.25, -0.2) is 0 Å². The largest absolute Gasteiger partial charge is 0.315 e. The van der Waals surface area contributed by atoms with E-state index in [9.17, 15) is 0 Å². The van der Waals surface area contributed by atoms with E-state index in [-0.39, 0.29) is 0 Å². The van der Waals surface area contributed by atoms with E-state index < -0.39 is 0 Å². The molecule has 78 valence electrons. The third-order valence-corrected chi connectivity index (χ3v) is 3.39. The molecule has 1 saturated carbocycles. The van der Waals surface area contributed by atoms with Crippen LogP contribution in [0.2, 0.25) is 0 Å². The van der Waals surface area contributed by atoms with E-state index in [4.69, 9.17) is 0 Å². The molecular weight excluding hydrogens is 160 g/mol. The van der Waals surface area contributed by atoms with Gasteiger partial charge in [0.25, 0.3) is 0 Å². The van der Waals surface area contributed by atoms with Gasteiger partial charge in [-0.3, -0.25) is 0 Å². The second-order valence-corrected chi connectivity index (χ2v) is 4.43. The van der Waals surface area contributed by atoms with Crippen LogP contribution >= 0.6 is 0 Å². The van der Waals surface area contributed by atoms with E-state index in [0.29, 0.717) is 0 Å². The lowest BCUT2D eigenvalue weighted by molar-refractivity contribution is 0.218. The van der Waals surface area contributed by atoms with Gasteiger partial charge in [-0.15, -0.1) is 0 Å². The Kier molecular flexibility index (Phi) is 4.20. The Labute approximate surface area is 82.7 Å². The molecule has 0 aliphatic heterocycles. The molecule has 0 heterocycles. The molecule has 2 atom stereocenters. The first-order chi connectivity index (χ1) is 6.19. The smallest absolute Gasteiger partial charge is 0.0220 e. The SMILES string of the molecule is CCC(C)N(C)CC(NC)C1CC1. The molecule has 0 aromatic carbocycles. The van der Waals surface area contributed by atoms with Gasteiger partial charge in [-0.2, -0.15) is 0 Å². The van der Waals surface area contributed by atoms with Crippen molar-refractivity contribution < 1.29 is 0 Å². The Bertz CT molecular complexity index is 143. The van der Waals surface area contributed by atoms with Crippen LogP contribution in [0, 0.1) is 5.92 Å². The summed E-state index contributed by atoms with van der Waals surface area (Å²) in [6, 6.07) is 1.44. The van der Waals surface area contributed by atoms with Crippen molar-refractivity contribution in [3.63, 3.8) is 0 Å². The number of hydrogen-bond donors (Lipinski definition) is 1. The summed E-state index contributed by atoms with van der Waals surface area (Å²) in [5.41, 5.74) is 0. The van der Waals surface area contributed by atoms with Crippen LogP contribution in [0.4, 0.5) is 0 Å². The number of nitrogens with zero attached hydrogens (tertiary/aromatic N) is 1. The Hall–Kier alpha value is -0.0800. The fraction of sp³-hybridized carbons (Fsp3) is 1.00. The van der Waals surface area contributed by atoms with Gasteiger partial charge in [0.1, 0.15) is 0 Å². The van der Waals surface area contributed by atoms with Gasteiger partial charge in [0.15, 0.2) is 0 Å². The predicted molar refractivity (Wildman–Crippen MR) is 58.0 cm³/mol. The standard InChI is InChI=1S/C11H24N2/c1-5-9(2)13(4)8-11(12-3)10-6-7-10/h9-12H,5-8H2,1-4H3. The van der Waals surface area contributed by atoms with E-state index in [1.165, 1.54) is 25.8 Å². The average molecular weight is 184 g/mol. The minimum Gasteiger partial charge on any atom is -0.315 e. The molecule has 0 spiro atoms. The normalized spacial score (nSPS) is 21.9. The van der Waals surface area contributed by atoms with Crippen molar-refractivity contribution in [1.82, 2.24) is 10.2 Å². The van der Waals surface area contributed by atoms with Crippen molar-refractivity contribution in [3.8, 4) is 0 Å². The lowest BCUT2D eigenvalue weighted by atomic mass is 10.1. The van der Waals surface area contributed by atoms with Crippen molar-refractivity contribution in [3.05, 3.63) is 0 Å². The summed E-state index contributed by atoms with van der Waals surface area (Å²) in [6.45, 7) is 5.77. The predicted octanol–water partition coefficient (Wildman–Crippen LogP) is 1.71. The summed E-state index contributed by atoms with van der Waals surface area (Å²) in [4.78, 5) is 2.47. The highest BCUT2D eigenvalue weighted by molar-refractivity contribution is 4.87. The lowest BCUT2D eigenvalue weighted by Crippen LogP contribution is -2.42. The third kappa shape index (κ3) is 3.28. The molecule has 0 radical (unpaired) electrons. The highest BCUT2D eigenvalue weighted by Crippen LogP contribution is 2.32. The van der Waals surface area contributed by atoms with Crippen molar-refractivity contribution in [1.29, 1.82) is 0 Å². The topological polar surface area (TPSA) is 15.3 Å². The van der Waals surface area contributed by atoms with Gasteiger partial charge in [-0.1, -0.05) is 6.92 Å². The van der Waals surface area contributed by atoms with Gasteiger partial charge in [0.2, 0.25) is 0 Å². The highest BCUT2D eigenvalue weighted by Gasteiger charge is 2.31. The first-order valence-electron chi connectivity index (χ1n) is 5.56. The van der Waals surface area contributed by atoms with E-state index in [0.717, 1.165) is 18.0 Å². The molecule has 1 aliphatic rings. The maximum Gasteiger partial charge on any atom is 0.0220 e. The molecule has 13 heavy (non-hydrogen) atoms. The second kappa shape index (κ2) is 4.97. The zero-order valence-electron chi connectivity index (χ0n) is 9.51. The molecule has 1 N–H and O–H groups in total. The number of nitrogens with one attached hydrogen (secondary N) is 1. The molecule has 2 nitrogen and oxygen atoms in total. The molecular formula is C11H24N2. The van der Waals surface area contributed by atoms with Crippen molar-refractivity contribution in [2.24, 2.45) is 5.92 Å². The molecule has 1 aliphatic carbocycles. The molecule has 0 aromatic heterocycles. The lowest BCUT2D eigenvalue weighted by Gasteiger charge is -2.28. The average Bonchev–Trinajstić information content (AvgIpc) is 2.95. The van der Waals surface area contributed by atoms with Crippen LogP contribution in [0.5, 0.6) is 0 Å². The first kappa shape index (κ1) is 11.0. The molecule has 0 saturated heterocycles. The minimum atomic E-state index is 0.717. The van der Waals surface area contributed by atoms with Gasteiger partial charge in [-0.05, 0) is 46.2 Å². The van der Waals surface area contributed by atoms with Crippen molar-refractivity contribution in [2.45, 2.75) is 45.2 Å². The van der Waals surface area contributed by atoms with Crippen LogP contribution < -0.4 is 5.32 Å². The summed E-state index contributed by atoms with van der Waals surface area (Å²) in [6.07, 6.45) is 4.11. The van der Waals surface area contributed by atoms with Gasteiger partial charge < -0.3 is 10.2 Å². The van der Waals surface area contributed by atoms with Crippen LogP contribution in [0.3, 0.4) is 0 Å². The summed E-state index contributed by atoms with van der Waals surface area (Å²) in [5, 5.41) is 3.43. The number of hydrogen-bond acceptors (Lipinski definition) is 2. The summed E-state index contributed by atoms with van der Waals surface area (Å²) in [5.74, 6) is 0.955. The maximum absolute atomic E-state index is 3.43. The second-order valence-electron chi connectivity index (χ2n) is 4.43. The Balaban J connectivity index is 2.27. The fourth-order valence-corrected chi connectivity index (χ4v) is 1.78. The summed E-state index contributed by atoms with van der Waals surface area (Å²) in [7, 11) is 4.33. The molecule has 1 rings (SSSR count). The van der Waals surface area contributed by atoms with Gasteiger partial charge >= 0.3 is 0 Å². The monoisotopic (exact) mass is 184 g/mol. The van der Waals surface area contributed by atoms with Crippen LogP contribution in [0.25, 0.3) is 0 Å². The highest BCUT2D eigenvalue weighted by atomic mass is 15.1. The molecule has 1 fully saturated rings. The van der Waals surface area contributed by atoms with Crippen LogP contribution in [0.15, 0.2) is 0 Å². The first-order valence-corrected chi connectivity index (χ1v) is 5.56. The van der Waals surface area contributed by atoms with E-state index in [1.807, 2.05) is 0 Å². The summed E-state index contributed by atoms with van der Waals surface area (Å²) < 4.78 is 0. The molecule has 0 bridgehead atoms. The van der Waals surface area contributed by atoms with E-state index in [1.54, 1.807) is 0 Å². The van der Waals surface area contributed by atoms with Crippen LogP contribution in [-0.2, 0) is 0 Å².